The maximum atomic E-state index is 2.24. The molecule has 0 spiro atoms. The summed E-state index contributed by atoms with van der Waals surface area (Å²) in [5, 5.41) is 2.15. The maximum absolute atomic E-state index is 2.24. The van der Waals surface area contributed by atoms with Crippen LogP contribution in [0.25, 0.3) is 0 Å². The van der Waals surface area contributed by atoms with Gasteiger partial charge in [-0.05, 0) is 17.9 Å². The SMILES string of the molecule is C[N+](C)(C)CCCc1cccs1.[I-]. The summed E-state index contributed by atoms with van der Waals surface area (Å²) in [7, 11) is 6.73. The van der Waals surface area contributed by atoms with E-state index in [-0.39, 0.29) is 24.0 Å². The van der Waals surface area contributed by atoms with Gasteiger partial charge in [-0.25, -0.2) is 0 Å². The summed E-state index contributed by atoms with van der Waals surface area (Å²) < 4.78 is 1.07. The van der Waals surface area contributed by atoms with Gasteiger partial charge in [0.2, 0.25) is 0 Å². The van der Waals surface area contributed by atoms with Crippen LogP contribution in [0.4, 0.5) is 0 Å². The molecule has 0 unspecified atom stereocenters. The van der Waals surface area contributed by atoms with Gasteiger partial charge >= 0.3 is 0 Å². The second-order valence-corrected chi connectivity index (χ2v) is 5.23. The van der Waals surface area contributed by atoms with Gasteiger partial charge in [-0.15, -0.1) is 11.3 Å². The first-order valence-corrected chi connectivity index (χ1v) is 5.29. The van der Waals surface area contributed by atoms with Gasteiger partial charge < -0.3 is 28.5 Å². The average Bonchev–Trinajstić information content (AvgIpc) is 2.36. The zero-order valence-corrected chi connectivity index (χ0v) is 11.6. The van der Waals surface area contributed by atoms with E-state index in [1.807, 2.05) is 11.3 Å². The fourth-order valence-electron chi connectivity index (χ4n) is 1.18. The van der Waals surface area contributed by atoms with Crippen molar-refractivity contribution in [3.8, 4) is 0 Å². The second kappa shape index (κ2) is 5.98. The molecule has 0 aliphatic rings. The van der Waals surface area contributed by atoms with Gasteiger partial charge in [0.05, 0.1) is 27.7 Å². The number of hydrogen-bond donors (Lipinski definition) is 0. The highest BCUT2D eigenvalue weighted by atomic mass is 127. The normalized spacial score (nSPS) is 11.0. The molecule has 1 aromatic heterocycles. The molecule has 1 rings (SSSR count). The van der Waals surface area contributed by atoms with E-state index in [2.05, 4.69) is 38.7 Å². The Hall–Kier alpha value is 0.390. The van der Waals surface area contributed by atoms with Gasteiger partial charge in [0, 0.05) is 11.3 Å². The molecule has 0 saturated heterocycles. The molecule has 1 nitrogen and oxygen atoms in total. The Morgan fingerprint density at radius 3 is 2.46 bits per heavy atom. The lowest BCUT2D eigenvalue weighted by Crippen LogP contribution is -3.00. The number of hydrogen-bond acceptors (Lipinski definition) is 1. The minimum absolute atomic E-state index is 0. The molecule has 1 aromatic rings. The first kappa shape index (κ1) is 13.4. The number of halogens is 1. The van der Waals surface area contributed by atoms with Crippen LogP contribution in [0.1, 0.15) is 11.3 Å². The van der Waals surface area contributed by atoms with Crippen LogP contribution in [0.5, 0.6) is 0 Å². The second-order valence-electron chi connectivity index (χ2n) is 4.20. The fourth-order valence-corrected chi connectivity index (χ4v) is 1.93. The molecule has 76 valence electrons. The van der Waals surface area contributed by atoms with E-state index in [4.69, 9.17) is 0 Å². The monoisotopic (exact) mass is 311 g/mol. The Kier molecular flexibility index (Phi) is 6.16. The van der Waals surface area contributed by atoms with E-state index in [1.165, 1.54) is 24.3 Å². The molecule has 0 saturated carbocycles. The molecule has 0 aliphatic heterocycles. The highest BCUT2D eigenvalue weighted by Crippen LogP contribution is 2.11. The van der Waals surface area contributed by atoms with Gasteiger partial charge in [-0.2, -0.15) is 0 Å². The van der Waals surface area contributed by atoms with Crippen LogP contribution in [-0.4, -0.2) is 32.2 Å². The summed E-state index contributed by atoms with van der Waals surface area (Å²) in [4.78, 5) is 1.52. The van der Waals surface area contributed by atoms with Crippen molar-refractivity contribution < 1.29 is 28.5 Å². The third kappa shape index (κ3) is 6.46. The molecule has 0 aliphatic carbocycles. The molecule has 0 aromatic carbocycles. The number of rotatable bonds is 4. The quantitative estimate of drug-likeness (QED) is 0.514. The highest BCUT2D eigenvalue weighted by Gasteiger charge is 2.05. The Labute approximate surface area is 102 Å². The lowest BCUT2D eigenvalue weighted by Gasteiger charge is -2.23. The largest absolute Gasteiger partial charge is 1.00 e. The number of aryl methyl sites for hydroxylation is 1. The lowest BCUT2D eigenvalue weighted by atomic mass is 10.2. The molecule has 0 amide bonds. The smallest absolute Gasteiger partial charge is 0.0783 e. The van der Waals surface area contributed by atoms with Crippen LogP contribution in [0.3, 0.4) is 0 Å². The Morgan fingerprint density at radius 2 is 2.00 bits per heavy atom. The topological polar surface area (TPSA) is 0 Å². The molecule has 13 heavy (non-hydrogen) atoms. The standard InChI is InChI=1S/C10H18NS.HI/c1-11(2,3)8-4-6-10-7-5-9-12-10;/h5,7,9H,4,6,8H2,1-3H3;1H/q+1;/p-1. The van der Waals surface area contributed by atoms with Crippen molar-refractivity contribution in [3.05, 3.63) is 22.4 Å². The minimum atomic E-state index is 0. The molecule has 0 N–H and O–H groups in total. The Balaban J connectivity index is 0.00000144. The van der Waals surface area contributed by atoms with Crippen LogP contribution < -0.4 is 24.0 Å². The third-order valence-electron chi connectivity index (χ3n) is 1.83. The summed E-state index contributed by atoms with van der Waals surface area (Å²) in [6, 6.07) is 4.35. The van der Waals surface area contributed by atoms with E-state index in [9.17, 15) is 0 Å². The predicted octanol–water partition coefficient (Wildman–Crippen LogP) is -0.609. The predicted molar refractivity (Wildman–Crippen MR) is 55.5 cm³/mol. The van der Waals surface area contributed by atoms with Crippen molar-refractivity contribution >= 4 is 11.3 Å². The van der Waals surface area contributed by atoms with Crippen LogP contribution in [0.2, 0.25) is 0 Å². The van der Waals surface area contributed by atoms with Gasteiger partial charge in [-0.3, -0.25) is 0 Å². The summed E-state index contributed by atoms with van der Waals surface area (Å²) in [6.07, 6.45) is 2.54. The molecule has 0 fully saturated rings. The first-order valence-electron chi connectivity index (χ1n) is 4.41. The van der Waals surface area contributed by atoms with E-state index in [1.54, 1.807) is 0 Å². The van der Waals surface area contributed by atoms with Crippen molar-refractivity contribution in [2.45, 2.75) is 12.8 Å². The minimum Gasteiger partial charge on any atom is -1.00 e. The fraction of sp³-hybridized carbons (Fsp3) is 0.600. The number of nitrogens with zero attached hydrogens (tertiary/aromatic N) is 1. The summed E-state index contributed by atoms with van der Waals surface area (Å²) >= 11 is 1.87. The maximum Gasteiger partial charge on any atom is 0.0783 e. The zero-order chi connectivity index (χ0) is 9.03. The van der Waals surface area contributed by atoms with Crippen molar-refractivity contribution in [3.63, 3.8) is 0 Å². The van der Waals surface area contributed by atoms with Crippen LogP contribution in [0.15, 0.2) is 17.5 Å². The van der Waals surface area contributed by atoms with Crippen LogP contribution >= 0.6 is 11.3 Å². The van der Waals surface area contributed by atoms with Crippen molar-refractivity contribution in [1.29, 1.82) is 0 Å². The molecule has 0 atom stereocenters. The van der Waals surface area contributed by atoms with Crippen LogP contribution in [-0.2, 0) is 6.42 Å². The molecule has 3 heteroatoms. The molecular formula is C10H18INS. The third-order valence-corrected chi connectivity index (χ3v) is 2.77. The average molecular weight is 311 g/mol. The Morgan fingerprint density at radius 1 is 1.31 bits per heavy atom. The summed E-state index contributed by atoms with van der Waals surface area (Å²) in [6.45, 7) is 1.26. The van der Waals surface area contributed by atoms with E-state index in [0.717, 1.165) is 4.48 Å². The number of quaternary nitrogens is 1. The van der Waals surface area contributed by atoms with Crippen molar-refractivity contribution in [2.75, 3.05) is 27.7 Å². The lowest BCUT2D eigenvalue weighted by molar-refractivity contribution is -0.870. The Bertz CT molecular complexity index is 213. The van der Waals surface area contributed by atoms with Crippen molar-refractivity contribution in [2.24, 2.45) is 0 Å². The van der Waals surface area contributed by atoms with Crippen LogP contribution in [0, 0.1) is 0 Å². The highest BCUT2D eigenvalue weighted by molar-refractivity contribution is 7.09. The summed E-state index contributed by atoms with van der Waals surface area (Å²) in [5.41, 5.74) is 0. The van der Waals surface area contributed by atoms with E-state index < -0.39 is 0 Å². The van der Waals surface area contributed by atoms with Gasteiger partial charge in [-0.1, -0.05) is 6.07 Å². The van der Waals surface area contributed by atoms with Gasteiger partial charge in [0.25, 0.3) is 0 Å². The molecule has 0 radical (unpaired) electrons. The first-order chi connectivity index (χ1) is 5.58. The van der Waals surface area contributed by atoms with Crippen molar-refractivity contribution in [1.82, 2.24) is 0 Å². The summed E-state index contributed by atoms with van der Waals surface area (Å²) in [5.74, 6) is 0. The van der Waals surface area contributed by atoms with Gasteiger partial charge in [0.1, 0.15) is 0 Å². The van der Waals surface area contributed by atoms with E-state index in [0.29, 0.717) is 0 Å². The molecular weight excluding hydrogens is 293 g/mol. The zero-order valence-electron chi connectivity index (χ0n) is 8.59. The van der Waals surface area contributed by atoms with E-state index >= 15 is 0 Å². The molecule has 0 bridgehead atoms. The number of thiophene rings is 1. The molecule has 1 heterocycles. The van der Waals surface area contributed by atoms with Gasteiger partial charge in [0.15, 0.2) is 0 Å².